The summed E-state index contributed by atoms with van der Waals surface area (Å²) >= 11 is 0. The summed E-state index contributed by atoms with van der Waals surface area (Å²) in [7, 11) is -31.2. The minimum absolute atomic E-state index is 0.534. The van der Waals surface area contributed by atoms with E-state index < -0.39 is 64.6 Å². The second-order valence-electron chi connectivity index (χ2n) is 12.5. The standard InChI is InChI=1S/C20H52O12P4Si4/c1-13-17-37(5,6)29-33(21)25-34(22,30-38(7,8)18-14-2)27-36(24,32-40(11,12)20-16-4)28-35(23,26-33)31-39(9,10)19-15-3/h13-20H2,1-12H3. The van der Waals surface area contributed by atoms with Gasteiger partial charge in [-0.25, -0.2) is 18.3 Å². The lowest BCUT2D eigenvalue weighted by molar-refractivity contribution is 0.171. The van der Waals surface area contributed by atoms with E-state index in [-0.39, 0.29) is 0 Å². The highest BCUT2D eigenvalue weighted by atomic mass is 31.3. The van der Waals surface area contributed by atoms with Crippen molar-refractivity contribution in [2.45, 2.75) is 130 Å². The third kappa shape index (κ3) is 13.6. The molecule has 0 saturated carbocycles. The Balaban J connectivity index is 3.82. The Bertz CT molecular complexity index is 855. The molecule has 0 spiro atoms. The normalized spacial score (nSPS) is 31.1. The first-order valence-corrected chi connectivity index (χ1v) is 32.3. The van der Waals surface area contributed by atoms with Gasteiger partial charge in [0.05, 0.1) is 0 Å². The van der Waals surface area contributed by atoms with Crippen LogP contribution in [0.5, 0.6) is 0 Å². The number of rotatable bonds is 16. The van der Waals surface area contributed by atoms with Crippen molar-refractivity contribution >= 4 is 64.6 Å². The molecule has 40 heavy (non-hydrogen) atoms. The third-order valence-electron chi connectivity index (χ3n) is 5.64. The van der Waals surface area contributed by atoms with Crippen molar-refractivity contribution in [1.29, 1.82) is 0 Å². The lowest BCUT2D eigenvalue weighted by atomic mass is 10.6. The van der Waals surface area contributed by atoms with E-state index in [1.54, 1.807) is 52.4 Å². The van der Waals surface area contributed by atoms with Crippen LogP contribution in [-0.2, 0) is 52.4 Å². The first kappa shape index (κ1) is 39.5. The van der Waals surface area contributed by atoms with Gasteiger partial charge in [0.15, 0.2) is 0 Å². The van der Waals surface area contributed by atoms with Gasteiger partial charge in [0, 0.05) is 0 Å². The van der Waals surface area contributed by atoms with Crippen LogP contribution in [0.2, 0.25) is 76.6 Å². The van der Waals surface area contributed by atoms with Crippen molar-refractivity contribution in [2.75, 3.05) is 0 Å². The second-order valence-corrected chi connectivity index (χ2v) is 37.7. The van der Waals surface area contributed by atoms with Gasteiger partial charge < -0.3 is 16.9 Å². The Morgan fingerprint density at radius 2 is 0.550 bits per heavy atom. The van der Waals surface area contributed by atoms with Crippen molar-refractivity contribution in [3.05, 3.63) is 0 Å². The molecule has 0 radical (unpaired) electrons. The summed E-state index contributed by atoms with van der Waals surface area (Å²) in [5.74, 6) is 0. The highest BCUT2D eigenvalue weighted by molar-refractivity contribution is 7.77. The van der Waals surface area contributed by atoms with Crippen molar-refractivity contribution in [3.8, 4) is 0 Å². The molecule has 1 rings (SSSR count). The molecule has 0 aliphatic carbocycles. The molecule has 0 bridgehead atoms. The maximum atomic E-state index is 14.2. The van der Waals surface area contributed by atoms with Gasteiger partial charge in [-0.3, -0.25) is 0 Å². The fourth-order valence-corrected chi connectivity index (χ4v) is 29.4. The van der Waals surface area contributed by atoms with Gasteiger partial charge in [-0.05, 0) is 76.6 Å². The van der Waals surface area contributed by atoms with Gasteiger partial charge in [-0.1, -0.05) is 53.4 Å². The molecule has 240 valence electrons. The largest absolute Gasteiger partial charge is 0.482 e. The van der Waals surface area contributed by atoms with Crippen molar-refractivity contribution in [3.63, 3.8) is 0 Å². The van der Waals surface area contributed by atoms with Crippen LogP contribution in [0.3, 0.4) is 0 Å². The Morgan fingerprint density at radius 3 is 0.675 bits per heavy atom. The van der Waals surface area contributed by atoms with Gasteiger partial charge in [-0.2, -0.15) is 17.2 Å². The summed E-state index contributed by atoms with van der Waals surface area (Å²) in [6.45, 7) is 21.8. The molecule has 1 saturated heterocycles. The van der Waals surface area contributed by atoms with E-state index in [2.05, 4.69) is 0 Å². The van der Waals surface area contributed by atoms with Crippen molar-refractivity contribution in [2.24, 2.45) is 0 Å². The maximum absolute atomic E-state index is 14.2. The Hall–Kier alpha value is 1.47. The second kappa shape index (κ2) is 14.7. The number of hydrogen-bond acceptors (Lipinski definition) is 12. The fourth-order valence-electron chi connectivity index (χ4n) is 4.48. The number of phosphoric acid groups is 4. The summed E-state index contributed by atoms with van der Waals surface area (Å²) in [5, 5.41) is 0. The third-order valence-corrected chi connectivity index (χ3v) is 30.3. The highest BCUT2D eigenvalue weighted by Crippen LogP contribution is 2.84. The molecule has 0 N–H and O–H groups in total. The van der Waals surface area contributed by atoms with E-state index in [1.165, 1.54) is 0 Å². The van der Waals surface area contributed by atoms with Gasteiger partial charge in [0.1, 0.15) is 0 Å². The first-order chi connectivity index (χ1) is 17.9. The molecule has 0 aromatic rings. The maximum Gasteiger partial charge on any atom is 0.482 e. The average molecular weight is 721 g/mol. The SMILES string of the molecule is CCC[Si](C)(C)OP1(=O)OP(=O)(O[Si](C)(C)CCC)OP(=O)(O[Si](C)(C)CCC)OP(=O)(O[Si](C)(C)CCC)O1. The molecule has 0 atom stereocenters. The molecular formula is C20H52O12P4Si4. The van der Waals surface area contributed by atoms with Gasteiger partial charge in [0.2, 0.25) is 33.3 Å². The quantitative estimate of drug-likeness (QED) is 0.111. The molecule has 0 aromatic heterocycles. The smallest absolute Gasteiger partial charge is 0.329 e. The molecule has 1 aliphatic heterocycles. The van der Waals surface area contributed by atoms with Crippen LogP contribution < -0.4 is 0 Å². The van der Waals surface area contributed by atoms with Crippen LogP contribution in [0, 0.1) is 0 Å². The van der Waals surface area contributed by atoms with Crippen LogP contribution in [0.1, 0.15) is 53.4 Å². The molecule has 0 amide bonds. The van der Waals surface area contributed by atoms with Crippen LogP contribution in [0.4, 0.5) is 0 Å². The monoisotopic (exact) mass is 720 g/mol. The fraction of sp³-hybridized carbons (Fsp3) is 1.00. The zero-order valence-electron chi connectivity index (χ0n) is 26.3. The summed E-state index contributed by atoms with van der Waals surface area (Å²) < 4.78 is 102. The summed E-state index contributed by atoms with van der Waals surface area (Å²) in [5.41, 5.74) is 0. The van der Waals surface area contributed by atoms with Crippen LogP contribution in [0.25, 0.3) is 0 Å². The van der Waals surface area contributed by atoms with Crippen molar-refractivity contribution < 1.29 is 52.4 Å². The Labute approximate surface area is 246 Å². The first-order valence-electron chi connectivity index (χ1n) is 14.0. The minimum atomic E-state index is -4.99. The number of hydrogen-bond donors (Lipinski definition) is 0. The molecule has 0 unspecified atom stereocenters. The molecule has 1 heterocycles. The summed E-state index contributed by atoms with van der Waals surface area (Å²) in [4.78, 5) is 0. The lowest BCUT2D eigenvalue weighted by Crippen LogP contribution is -2.34. The molecule has 1 aliphatic rings. The van der Waals surface area contributed by atoms with Crippen molar-refractivity contribution in [1.82, 2.24) is 0 Å². The van der Waals surface area contributed by atoms with Gasteiger partial charge in [0.25, 0.3) is 0 Å². The summed E-state index contributed by atoms with van der Waals surface area (Å²) in [6, 6.07) is 2.14. The van der Waals surface area contributed by atoms with E-state index in [0.29, 0.717) is 49.9 Å². The molecule has 12 nitrogen and oxygen atoms in total. The topological polar surface area (TPSA) is 142 Å². The molecular weight excluding hydrogens is 668 g/mol. The Kier molecular flexibility index (Phi) is 14.5. The Morgan fingerprint density at radius 1 is 0.400 bits per heavy atom. The van der Waals surface area contributed by atoms with Crippen LogP contribution in [-0.4, -0.2) is 33.3 Å². The zero-order valence-corrected chi connectivity index (χ0v) is 33.9. The van der Waals surface area contributed by atoms with Gasteiger partial charge in [-0.15, -0.1) is 0 Å². The van der Waals surface area contributed by atoms with E-state index in [4.69, 9.17) is 34.1 Å². The lowest BCUT2D eigenvalue weighted by Gasteiger charge is -2.38. The van der Waals surface area contributed by atoms with E-state index in [0.717, 1.165) is 0 Å². The highest BCUT2D eigenvalue weighted by Gasteiger charge is 2.61. The molecule has 20 heteroatoms. The minimum Gasteiger partial charge on any atom is -0.329 e. The predicted octanol–water partition coefficient (Wildman–Crippen LogP) is 11.0. The predicted molar refractivity (Wildman–Crippen MR) is 169 cm³/mol. The average Bonchev–Trinajstić information content (AvgIpc) is 2.61. The van der Waals surface area contributed by atoms with Gasteiger partial charge >= 0.3 is 31.3 Å². The van der Waals surface area contributed by atoms with Crippen LogP contribution >= 0.6 is 31.3 Å². The molecule has 1 fully saturated rings. The van der Waals surface area contributed by atoms with Crippen LogP contribution in [0.15, 0.2) is 0 Å². The summed E-state index contributed by atoms with van der Waals surface area (Å²) in [6.07, 6.45) is 2.78. The molecule has 0 aromatic carbocycles. The van der Waals surface area contributed by atoms with E-state index >= 15 is 0 Å². The van der Waals surface area contributed by atoms with E-state index in [1.807, 2.05) is 27.7 Å². The van der Waals surface area contributed by atoms with E-state index in [9.17, 15) is 18.3 Å². The zero-order chi connectivity index (χ0) is 31.3.